The number of halogens is 3. The summed E-state index contributed by atoms with van der Waals surface area (Å²) in [6.45, 7) is 11.1. The fraction of sp³-hybridized carbons (Fsp3) is 1.00. The fourth-order valence-corrected chi connectivity index (χ4v) is 9.25. The standard InChI is InChI=1S/C26H43F3O2/c1-15(2)22(30)16(3)19-8-9-20-18-7-6-17-14-25(31,26(27,28)29)13-12-23(17,4)21(18)10-11-24(19,20)5/h15-22,30-31H,6-14H2,1-5H3/t16-,17+,18-,19+,20-,21-,22+,23-,24+,25+/m0/s1. The van der Waals surface area contributed by atoms with Gasteiger partial charge in [-0.05, 0) is 110 Å². The van der Waals surface area contributed by atoms with Gasteiger partial charge in [-0.25, -0.2) is 0 Å². The molecule has 0 amide bonds. The fourth-order valence-electron chi connectivity index (χ4n) is 9.25. The third kappa shape index (κ3) is 3.50. The van der Waals surface area contributed by atoms with Crippen molar-refractivity contribution in [2.24, 2.45) is 52.3 Å². The Hall–Kier alpha value is -0.290. The minimum Gasteiger partial charge on any atom is -0.393 e. The molecule has 2 nitrogen and oxygen atoms in total. The number of rotatable bonds is 3. The van der Waals surface area contributed by atoms with Crippen LogP contribution < -0.4 is 0 Å². The van der Waals surface area contributed by atoms with Crippen LogP contribution in [0.15, 0.2) is 0 Å². The highest BCUT2D eigenvalue weighted by Crippen LogP contribution is 2.69. The summed E-state index contributed by atoms with van der Waals surface area (Å²) in [5.74, 6) is 2.74. The van der Waals surface area contributed by atoms with Crippen molar-refractivity contribution in [3.05, 3.63) is 0 Å². The van der Waals surface area contributed by atoms with Crippen molar-refractivity contribution in [1.82, 2.24) is 0 Å². The van der Waals surface area contributed by atoms with Gasteiger partial charge in [-0.1, -0.05) is 34.6 Å². The first-order valence-corrected chi connectivity index (χ1v) is 12.7. The Bertz CT molecular complexity index is 678. The summed E-state index contributed by atoms with van der Waals surface area (Å²) in [4.78, 5) is 0. The van der Waals surface area contributed by atoms with E-state index >= 15 is 0 Å². The number of aliphatic hydroxyl groups excluding tert-OH is 1. The molecule has 5 heteroatoms. The van der Waals surface area contributed by atoms with Crippen molar-refractivity contribution < 1.29 is 23.4 Å². The molecule has 4 rings (SSSR count). The van der Waals surface area contributed by atoms with Gasteiger partial charge in [0.15, 0.2) is 5.60 Å². The Morgan fingerprint density at radius 3 is 2.10 bits per heavy atom. The van der Waals surface area contributed by atoms with E-state index in [1.54, 1.807) is 0 Å². The van der Waals surface area contributed by atoms with E-state index in [0.717, 1.165) is 25.7 Å². The van der Waals surface area contributed by atoms with E-state index in [-0.39, 0.29) is 47.5 Å². The van der Waals surface area contributed by atoms with Crippen LogP contribution in [0.2, 0.25) is 0 Å². The zero-order valence-corrected chi connectivity index (χ0v) is 20.0. The third-order valence-electron chi connectivity index (χ3n) is 11.2. The molecule has 0 spiro atoms. The number of fused-ring (bicyclic) bond motifs is 5. The lowest BCUT2D eigenvalue weighted by Gasteiger charge is -2.62. The molecule has 4 aliphatic rings. The highest BCUT2D eigenvalue weighted by Gasteiger charge is 2.65. The molecule has 0 heterocycles. The molecule has 10 atom stereocenters. The van der Waals surface area contributed by atoms with E-state index in [1.165, 1.54) is 12.8 Å². The van der Waals surface area contributed by atoms with Crippen LogP contribution in [-0.4, -0.2) is 28.1 Å². The highest BCUT2D eigenvalue weighted by molar-refractivity contribution is 5.12. The van der Waals surface area contributed by atoms with Crippen molar-refractivity contribution in [3.8, 4) is 0 Å². The first-order valence-electron chi connectivity index (χ1n) is 12.7. The van der Waals surface area contributed by atoms with Crippen molar-refractivity contribution in [2.75, 3.05) is 0 Å². The molecule has 31 heavy (non-hydrogen) atoms. The van der Waals surface area contributed by atoms with Gasteiger partial charge in [-0.15, -0.1) is 0 Å². The van der Waals surface area contributed by atoms with Gasteiger partial charge in [0, 0.05) is 0 Å². The van der Waals surface area contributed by atoms with Gasteiger partial charge in [0.2, 0.25) is 0 Å². The molecule has 0 aromatic rings. The Morgan fingerprint density at radius 1 is 0.839 bits per heavy atom. The molecular weight excluding hydrogens is 401 g/mol. The largest absolute Gasteiger partial charge is 0.417 e. The molecule has 0 bridgehead atoms. The predicted octanol–water partition coefficient (Wildman–Crippen LogP) is 6.59. The zero-order valence-electron chi connectivity index (χ0n) is 20.0. The van der Waals surface area contributed by atoms with E-state index in [4.69, 9.17) is 0 Å². The molecule has 0 aliphatic heterocycles. The van der Waals surface area contributed by atoms with Crippen LogP contribution in [0.25, 0.3) is 0 Å². The average Bonchev–Trinajstić information content (AvgIpc) is 3.03. The van der Waals surface area contributed by atoms with Crippen LogP contribution in [0.5, 0.6) is 0 Å². The second-order valence-electron chi connectivity index (χ2n) is 12.7. The Balaban J connectivity index is 1.54. The lowest BCUT2D eigenvalue weighted by molar-refractivity contribution is -0.290. The zero-order chi connectivity index (χ0) is 23.0. The second-order valence-corrected chi connectivity index (χ2v) is 12.7. The normalized spacial score (nSPS) is 49.8. The summed E-state index contributed by atoms with van der Waals surface area (Å²) in [6.07, 6.45) is 1.85. The molecule has 4 aliphatic carbocycles. The topological polar surface area (TPSA) is 40.5 Å². The molecule has 180 valence electrons. The Labute approximate surface area is 186 Å². The molecule has 0 aromatic carbocycles. The van der Waals surface area contributed by atoms with E-state index in [9.17, 15) is 23.4 Å². The highest BCUT2D eigenvalue weighted by atomic mass is 19.4. The number of hydrogen-bond acceptors (Lipinski definition) is 2. The summed E-state index contributed by atoms with van der Waals surface area (Å²) < 4.78 is 40.6. The molecule has 0 saturated heterocycles. The summed E-state index contributed by atoms with van der Waals surface area (Å²) in [6, 6.07) is 0. The van der Waals surface area contributed by atoms with E-state index in [1.807, 2.05) is 0 Å². The van der Waals surface area contributed by atoms with E-state index in [0.29, 0.717) is 30.1 Å². The van der Waals surface area contributed by atoms with Gasteiger partial charge in [-0.3, -0.25) is 0 Å². The monoisotopic (exact) mass is 444 g/mol. The van der Waals surface area contributed by atoms with Gasteiger partial charge in [0.25, 0.3) is 0 Å². The van der Waals surface area contributed by atoms with Crippen molar-refractivity contribution in [2.45, 2.75) is 110 Å². The first kappa shape index (κ1) is 23.9. The molecular formula is C26H43F3O2. The lowest BCUT2D eigenvalue weighted by Crippen LogP contribution is -2.59. The smallest absolute Gasteiger partial charge is 0.393 e. The average molecular weight is 445 g/mol. The van der Waals surface area contributed by atoms with Crippen molar-refractivity contribution >= 4 is 0 Å². The minimum absolute atomic E-state index is 0.0302. The summed E-state index contributed by atoms with van der Waals surface area (Å²) in [5, 5.41) is 21.2. The van der Waals surface area contributed by atoms with Crippen molar-refractivity contribution in [1.29, 1.82) is 0 Å². The van der Waals surface area contributed by atoms with Crippen LogP contribution >= 0.6 is 0 Å². The quantitative estimate of drug-likeness (QED) is 0.515. The Morgan fingerprint density at radius 2 is 1.48 bits per heavy atom. The first-order chi connectivity index (χ1) is 14.2. The molecule has 0 aromatic heterocycles. The van der Waals surface area contributed by atoms with Crippen LogP contribution in [0.1, 0.15) is 92.4 Å². The van der Waals surface area contributed by atoms with Gasteiger partial charge in [0.1, 0.15) is 0 Å². The molecule has 2 N–H and O–H groups in total. The predicted molar refractivity (Wildman–Crippen MR) is 116 cm³/mol. The van der Waals surface area contributed by atoms with Gasteiger partial charge in [0.05, 0.1) is 6.10 Å². The van der Waals surface area contributed by atoms with Crippen LogP contribution in [0, 0.1) is 52.3 Å². The molecule has 4 saturated carbocycles. The maximum Gasteiger partial charge on any atom is 0.417 e. The van der Waals surface area contributed by atoms with Crippen LogP contribution in [-0.2, 0) is 0 Å². The van der Waals surface area contributed by atoms with E-state index in [2.05, 4.69) is 34.6 Å². The summed E-state index contributed by atoms with van der Waals surface area (Å²) in [7, 11) is 0. The maximum absolute atomic E-state index is 13.5. The summed E-state index contributed by atoms with van der Waals surface area (Å²) >= 11 is 0. The molecule has 0 unspecified atom stereocenters. The third-order valence-corrected chi connectivity index (χ3v) is 11.2. The molecule has 4 fully saturated rings. The Kier molecular flexibility index (Phi) is 5.86. The van der Waals surface area contributed by atoms with Crippen LogP contribution in [0.3, 0.4) is 0 Å². The van der Waals surface area contributed by atoms with Gasteiger partial charge >= 0.3 is 6.18 Å². The van der Waals surface area contributed by atoms with E-state index < -0.39 is 11.8 Å². The van der Waals surface area contributed by atoms with Crippen molar-refractivity contribution in [3.63, 3.8) is 0 Å². The van der Waals surface area contributed by atoms with Crippen LogP contribution in [0.4, 0.5) is 13.2 Å². The number of hydrogen-bond donors (Lipinski definition) is 2. The van der Waals surface area contributed by atoms with Gasteiger partial charge in [-0.2, -0.15) is 13.2 Å². The minimum atomic E-state index is -4.53. The summed E-state index contributed by atoms with van der Waals surface area (Å²) in [5.41, 5.74) is -2.34. The number of alkyl halides is 3. The SMILES string of the molecule is CC(C)[C@@H](O)[C@@H](C)[C@H]1CC[C@H]2[C@@H]3CC[C@@H]4C[C@@](O)(C(F)(F)F)CC[C@]4(C)[C@H]3CC[C@]12C. The van der Waals surface area contributed by atoms with Gasteiger partial charge < -0.3 is 10.2 Å². The molecule has 0 radical (unpaired) electrons. The number of aliphatic hydroxyl groups is 2. The maximum atomic E-state index is 13.5. The lowest BCUT2D eigenvalue weighted by atomic mass is 9.43. The second kappa shape index (κ2) is 7.61.